The molecule has 0 unspecified atom stereocenters. The third-order valence-corrected chi connectivity index (χ3v) is 1.59. The molecular weight excluding hydrogens is 269 g/mol. The van der Waals surface area contributed by atoms with Crippen LogP contribution in [0.2, 0.25) is 0 Å². The van der Waals surface area contributed by atoms with Gasteiger partial charge in [-0.15, -0.1) is 0 Å². The molecule has 0 spiro atoms. The average molecular weight is 286 g/mol. The molecular formula is C8H10INO2. The molecule has 1 rings (SSSR count). The van der Waals surface area contributed by atoms with Crippen molar-refractivity contribution >= 4 is 22.6 Å². The second-order valence-corrected chi connectivity index (χ2v) is 2.97. The fourth-order valence-electron chi connectivity index (χ4n) is 0.517. The molecule has 0 fully saturated rings. The fourth-order valence-corrected chi connectivity index (χ4v) is 0.836. The summed E-state index contributed by atoms with van der Waals surface area (Å²) in [7, 11) is -3.08. The van der Waals surface area contributed by atoms with Crippen LogP contribution in [-0.4, -0.2) is 25.1 Å². The van der Waals surface area contributed by atoms with Crippen LogP contribution < -0.4 is 4.74 Å². The zero-order valence-corrected chi connectivity index (χ0v) is 8.03. The maximum absolute atomic E-state index is 7.45. The summed E-state index contributed by atoms with van der Waals surface area (Å²) in [5.41, 5.74) is 0. The highest BCUT2D eigenvalue weighted by Crippen LogP contribution is 2.08. The molecule has 1 aromatic heterocycles. The van der Waals surface area contributed by atoms with E-state index in [9.17, 15) is 0 Å². The molecule has 0 atom stereocenters. The van der Waals surface area contributed by atoms with E-state index in [1.807, 2.05) is 22.6 Å². The van der Waals surface area contributed by atoms with E-state index in [1.165, 1.54) is 12.3 Å². The summed E-state index contributed by atoms with van der Waals surface area (Å²) >= 11 is 1.98. The number of hydrogen-bond donors (Lipinski definition) is 0. The van der Waals surface area contributed by atoms with Crippen LogP contribution in [0.5, 0.6) is 5.88 Å². The molecule has 0 aromatic carbocycles. The Morgan fingerprint density at radius 2 is 2.58 bits per heavy atom. The number of halogens is 1. The quantitative estimate of drug-likeness (QED) is 0.790. The molecule has 0 bridgehead atoms. The van der Waals surface area contributed by atoms with Crippen molar-refractivity contribution in [3.05, 3.63) is 21.9 Å². The first-order valence-electron chi connectivity index (χ1n) is 6.44. The van der Waals surface area contributed by atoms with Crippen molar-refractivity contribution in [2.45, 2.75) is 0 Å². The van der Waals surface area contributed by atoms with Gasteiger partial charge in [0.1, 0.15) is 6.56 Å². The Bertz CT molecular complexity index is 434. The summed E-state index contributed by atoms with van der Waals surface area (Å²) in [6.45, 7) is -6.18. The van der Waals surface area contributed by atoms with E-state index >= 15 is 0 Å². The molecule has 12 heavy (non-hydrogen) atoms. The maximum Gasteiger partial charge on any atom is 0.213 e. The summed E-state index contributed by atoms with van der Waals surface area (Å²) in [6.07, 6.45) is 1.40. The Morgan fingerprint density at radius 3 is 3.25 bits per heavy atom. The van der Waals surface area contributed by atoms with Gasteiger partial charge in [-0.25, -0.2) is 4.98 Å². The second-order valence-electron chi connectivity index (χ2n) is 1.72. The summed E-state index contributed by atoms with van der Waals surface area (Å²) in [5, 5.41) is 0. The minimum atomic E-state index is -3.16. The highest BCUT2D eigenvalue weighted by molar-refractivity contribution is 14.1. The maximum atomic E-state index is 7.45. The molecule has 0 saturated heterocycles. The summed E-state index contributed by atoms with van der Waals surface area (Å²) in [6, 6.07) is 2.92. The SMILES string of the molecule is [2H]C([2H])([2H])OC([2H])([2H])C([2H])([2H])Oc1ccc(I)cn1. The van der Waals surface area contributed by atoms with Gasteiger partial charge in [-0.3, -0.25) is 0 Å². The number of pyridine rings is 1. The van der Waals surface area contributed by atoms with E-state index in [-0.39, 0.29) is 5.88 Å². The van der Waals surface area contributed by atoms with Gasteiger partial charge in [0.25, 0.3) is 0 Å². The Balaban J connectivity index is 2.87. The first-order chi connectivity index (χ1) is 8.43. The standard InChI is InChI=1S/C8H10INO2/c1-11-4-5-12-8-3-2-7(9)6-10-8/h2-3,6H,4-5H2,1H3/i1D3,4D2,5D2. The molecule has 1 heterocycles. The van der Waals surface area contributed by atoms with E-state index in [0.29, 0.717) is 0 Å². The van der Waals surface area contributed by atoms with E-state index in [4.69, 9.17) is 14.3 Å². The molecule has 0 aliphatic heterocycles. The van der Waals surface area contributed by atoms with Crippen LogP contribution in [-0.2, 0) is 4.74 Å². The number of methoxy groups -OCH3 is 1. The molecule has 0 aliphatic rings. The van der Waals surface area contributed by atoms with Gasteiger partial charge in [0.05, 0.1) is 16.2 Å². The largest absolute Gasteiger partial charge is 0.475 e. The fraction of sp³-hybridized carbons (Fsp3) is 0.375. The zero-order valence-electron chi connectivity index (χ0n) is 12.9. The molecule has 1 aromatic rings. The molecule has 0 radical (unpaired) electrons. The van der Waals surface area contributed by atoms with Crippen molar-refractivity contribution in [3.63, 3.8) is 0 Å². The van der Waals surface area contributed by atoms with Crippen LogP contribution >= 0.6 is 22.6 Å². The van der Waals surface area contributed by atoms with Gasteiger partial charge >= 0.3 is 0 Å². The van der Waals surface area contributed by atoms with Crippen LogP contribution in [0.4, 0.5) is 0 Å². The number of nitrogens with zero attached hydrogens (tertiary/aromatic N) is 1. The summed E-state index contributed by atoms with van der Waals surface area (Å²) in [5.74, 6) is -0.177. The van der Waals surface area contributed by atoms with Crippen LogP contribution in [0.15, 0.2) is 18.3 Å². The molecule has 0 aliphatic carbocycles. The lowest BCUT2D eigenvalue weighted by Crippen LogP contribution is -2.05. The molecule has 4 heteroatoms. The normalized spacial score (nSPS) is 21.9. The average Bonchev–Trinajstić information content (AvgIpc) is 2.17. The molecule has 3 nitrogen and oxygen atoms in total. The highest BCUT2D eigenvalue weighted by atomic mass is 127. The van der Waals surface area contributed by atoms with Gasteiger partial charge < -0.3 is 9.47 Å². The molecule has 66 valence electrons. The molecule has 0 N–H and O–H groups in total. The number of ether oxygens (including phenoxy) is 2. The topological polar surface area (TPSA) is 31.4 Å². The Labute approximate surface area is 95.1 Å². The van der Waals surface area contributed by atoms with Crippen molar-refractivity contribution in [1.29, 1.82) is 0 Å². The van der Waals surface area contributed by atoms with E-state index in [1.54, 1.807) is 6.07 Å². The number of rotatable bonds is 4. The van der Waals surface area contributed by atoms with Gasteiger partial charge in [-0.05, 0) is 28.7 Å². The Kier molecular flexibility index (Phi) is 1.68. The van der Waals surface area contributed by atoms with Crippen LogP contribution in [0.3, 0.4) is 0 Å². The van der Waals surface area contributed by atoms with Gasteiger partial charge in [0.15, 0.2) is 0 Å². The van der Waals surface area contributed by atoms with Crippen molar-refractivity contribution in [2.75, 3.05) is 20.2 Å². The van der Waals surface area contributed by atoms with E-state index in [0.717, 1.165) is 3.57 Å². The van der Waals surface area contributed by atoms with Gasteiger partial charge in [-0.1, -0.05) is 0 Å². The molecule has 0 amide bonds. The lowest BCUT2D eigenvalue weighted by atomic mass is 10.5. The van der Waals surface area contributed by atoms with Gasteiger partial charge in [0.2, 0.25) is 5.88 Å². The first-order valence-corrected chi connectivity index (χ1v) is 4.02. The van der Waals surface area contributed by atoms with Crippen molar-refractivity contribution in [3.8, 4) is 5.88 Å². The van der Waals surface area contributed by atoms with Gasteiger partial charge in [-0.2, -0.15) is 0 Å². The minimum Gasteiger partial charge on any atom is -0.475 e. The lowest BCUT2D eigenvalue weighted by molar-refractivity contribution is 0.143. The number of hydrogen-bond acceptors (Lipinski definition) is 3. The zero-order chi connectivity index (χ0) is 14.9. The monoisotopic (exact) mass is 286 g/mol. The third kappa shape index (κ3) is 3.36. The Morgan fingerprint density at radius 1 is 1.67 bits per heavy atom. The van der Waals surface area contributed by atoms with Gasteiger partial charge in [0, 0.05) is 22.9 Å². The predicted octanol–water partition coefficient (Wildman–Crippen LogP) is 1.71. The summed E-state index contributed by atoms with van der Waals surface area (Å²) in [4.78, 5) is 3.74. The second kappa shape index (κ2) is 5.31. The highest BCUT2D eigenvalue weighted by Gasteiger charge is 1.93. The van der Waals surface area contributed by atoms with Crippen molar-refractivity contribution < 1.29 is 19.1 Å². The summed E-state index contributed by atoms with van der Waals surface area (Å²) < 4.78 is 59.6. The van der Waals surface area contributed by atoms with Crippen molar-refractivity contribution in [1.82, 2.24) is 4.98 Å². The Hall–Kier alpha value is -0.360. The first kappa shape index (κ1) is 3.79. The van der Waals surface area contributed by atoms with E-state index in [2.05, 4.69) is 9.72 Å². The minimum absolute atomic E-state index is 0.177. The van der Waals surface area contributed by atoms with Crippen LogP contribution in [0, 0.1) is 3.57 Å². The van der Waals surface area contributed by atoms with Crippen LogP contribution in [0.25, 0.3) is 0 Å². The third-order valence-electron chi connectivity index (χ3n) is 0.949. The predicted molar refractivity (Wildman–Crippen MR) is 54.3 cm³/mol. The smallest absolute Gasteiger partial charge is 0.213 e. The van der Waals surface area contributed by atoms with Crippen molar-refractivity contribution in [2.24, 2.45) is 0 Å². The number of aromatic nitrogens is 1. The molecule has 0 saturated carbocycles. The lowest BCUT2D eigenvalue weighted by Gasteiger charge is -2.03. The van der Waals surface area contributed by atoms with Crippen LogP contribution in [0.1, 0.15) is 9.60 Å². The van der Waals surface area contributed by atoms with E-state index < -0.39 is 20.2 Å².